The third-order valence-corrected chi connectivity index (χ3v) is 5.67. The Bertz CT molecular complexity index is 802. The van der Waals surface area contributed by atoms with E-state index in [1.54, 1.807) is 0 Å². The summed E-state index contributed by atoms with van der Waals surface area (Å²) in [4.78, 5) is 4.74. The molecule has 1 unspecified atom stereocenters. The molecular weight excluding hydrogens is 392 g/mol. The van der Waals surface area contributed by atoms with Crippen LogP contribution in [0.15, 0.2) is 35.3 Å². The molecule has 2 N–H and O–H groups in total. The summed E-state index contributed by atoms with van der Waals surface area (Å²) in [6.45, 7) is 8.64. The Balaban J connectivity index is 1.48. The number of aliphatic imine (C=N–C) groups is 1. The number of hydrogen-bond donors (Lipinski definition) is 2. The first-order valence-corrected chi connectivity index (χ1v) is 11.2. The number of nitrogens with zero attached hydrogens (tertiary/aromatic N) is 4. The molecule has 0 amide bonds. The van der Waals surface area contributed by atoms with Gasteiger partial charge in [-0.2, -0.15) is 0 Å². The van der Waals surface area contributed by atoms with E-state index in [4.69, 9.17) is 14.5 Å². The average Bonchev–Trinajstić information content (AvgIpc) is 3.13. The van der Waals surface area contributed by atoms with Crippen LogP contribution in [0, 0.1) is 12.8 Å². The summed E-state index contributed by atoms with van der Waals surface area (Å²) in [5.41, 5.74) is 1.21. The van der Waals surface area contributed by atoms with Gasteiger partial charge in [-0.25, -0.2) is 4.99 Å². The predicted octanol–water partition coefficient (Wildman–Crippen LogP) is 2.75. The van der Waals surface area contributed by atoms with Crippen molar-refractivity contribution in [2.75, 3.05) is 33.0 Å². The highest BCUT2D eigenvalue weighted by Gasteiger charge is 2.13. The second kappa shape index (κ2) is 12.4. The molecule has 170 valence electrons. The molecule has 3 rings (SSSR count). The summed E-state index contributed by atoms with van der Waals surface area (Å²) in [7, 11) is 1.96. The van der Waals surface area contributed by atoms with E-state index in [0.29, 0.717) is 12.5 Å². The van der Waals surface area contributed by atoms with E-state index in [9.17, 15) is 0 Å². The summed E-state index contributed by atoms with van der Waals surface area (Å²) in [5, 5.41) is 15.3. The molecule has 0 bridgehead atoms. The zero-order valence-electron chi connectivity index (χ0n) is 19.0. The fourth-order valence-corrected chi connectivity index (χ4v) is 3.47. The normalized spacial score (nSPS) is 16.3. The third kappa shape index (κ3) is 7.63. The Hall–Kier alpha value is -2.45. The Labute approximate surface area is 185 Å². The number of aromatic nitrogens is 3. The molecule has 1 aliphatic heterocycles. The van der Waals surface area contributed by atoms with Gasteiger partial charge in [-0.3, -0.25) is 0 Å². The minimum absolute atomic E-state index is 0.137. The largest absolute Gasteiger partial charge is 0.381 e. The molecule has 8 nitrogen and oxygen atoms in total. The number of benzene rings is 1. The molecule has 2 heterocycles. The van der Waals surface area contributed by atoms with Crippen molar-refractivity contribution in [1.29, 1.82) is 0 Å². The summed E-state index contributed by atoms with van der Waals surface area (Å²) in [5.74, 6) is 3.13. The second-order valence-electron chi connectivity index (χ2n) is 8.07. The maximum atomic E-state index is 5.88. The van der Waals surface area contributed by atoms with Crippen LogP contribution >= 0.6 is 0 Å². The van der Waals surface area contributed by atoms with E-state index in [2.05, 4.69) is 52.0 Å². The lowest BCUT2D eigenvalue weighted by Gasteiger charge is -2.22. The van der Waals surface area contributed by atoms with Crippen LogP contribution in [0.25, 0.3) is 0 Å². The molecule has 1 atom stereocenters. The van der Waals surface area contributed by atoms with Gasteiger partial charge in [-0.15, -0.1) is 10.2 Å². The first kappa shape index (κ1) is 23.2. The number of aryl methyl sites for hydroxylation is 1. The molecule has 0 spiro atoms. The van der Waals surface area contributed by atoms with E-state index in [1.165, 1.54) is 5.56 Å². The van der Waals surface area contributed by atoms with Gasteiger partial charge in [0, 0.05) is 40.0 Å². The Morgan fingerprint density at radius 3 is 2.74 bits per heavy atom. The molecular formula is C23H36N6O2. The maximum Gasteiger partial charge on any atom is 0.192 e. The highest BCUT2D eigenvalue weighted by atomic mass is 16.5. The number of nitrogens with one attached hydrogen (secondary N) is 2. The van der Waals surface area contributed by atoms with E-state index >= 15 is 0 Å². The van der Waals surface area contributed by atoms with E-state index < -0.39 is 0 Å². The van der Waals surface area contributed by atoms with Crippen LogP contribution < -0.4 is 10.6 Å². The molecule has 31 heavy (non-hydrogen) atoms. The number of rotatable bonds is 10. The Morgan fingerprint density at radius 1 is 1.26 bits per heavy atom. The topological polar surface area (TPSA) is 85.6 Å². The van der Waals surface area contributed by atoms with Crippen molar-refractivity contribution in [1.82, 2.24) is 25.4 Å². The van der Waals surface area contributed by atoms with Crippen molar-refractivity contribution in [2.45, 2.75) is 45.7 Å². The van der Waals surface area contributed by atoms with Crippen LogP contribution in [0.1, 0.15) is 49.4 Å². The minimum atomic E-state index is 0.137. The predicted molar refractivity (Wildman–Crippen MR) is 122 cm³/mol. The van der Waals surface area contributed by atoms with Crippen LogP contribution in [-0.2, 0) is 23.1 Å². The van der Waals surface area contributed by atoms with Crippen molar-refractivity contribution in [3.63, 3.8) is 0 Å². The fourth-order valence-electron chi connectivity index (χ4n) is 3.47. The second-order valence-corrected chi connectivity index (χ2v) is 8.07. The average molecular weight is 429 g/mol. The van der Waals surface area contributed by atoms with E-state index in [1.807, 2.05) is 24.6 Å². The van der Waals surface area contributed by atoms with Crippen molar-refractivity contribution in [3.8, 4) is 0 Å². The summed E-state index contributed by atoms with van der Waals surface area (Å²) in [6.07, 6.45) is 3.14. The highest BCUT2D eigenvalue weighted by Crippen LogP contribution is 2.14. The zero-order valence-corrected chi connectivity index (χ0v) is 19.0. The summed E-state index contributed by atoms with van der Waals surface area (Å²) >= 11 is 0. The van der Waals surface area contributed by atoms with Gasteiger partial charge in [-0.1, -0.05) is 30.3 Å². The van der Waals surface area contributed by atoms with Crippen molar-refractivity contribution in [2.24, 2.45) is 18.0 Å². The molecule has 2 aromatic rings. The van der Waals surface area contributed by atoms with Crippen LogP contribution in [0.5, 0.6) is 0 Å². The number of guanidine groups is 1. The Morgan fingerprint density at radius 2 is 2.03 bits per heavy atom. The highest BCUT2D eigenvalue weighted by molar-refractivity contribution is 5.80. The molecule has 1 fully saturated rings. The third-order valence-electron chi connectivity index (χ3n) is 5.67. The van der Waals surface area contributed by atoms with Crippen LogP contribution in [-0.4, -0.2) is 53.7 Å². The van der Waals surface area contributed by atoms with Gasteiger partial charge < -0.3 is 24.7 Å². The van der Waals surface area contributed by atoms with E-state index in [-0.39, 0.29) is 6.04 Å². The first-order valence-electron chi connectivity index (χ1n) is 11.2. The first-order chi connectivity index (χ1) is 15.1. The minimum Gasteiger partial charge on any atom is -0.381 e. The monoisotopic (exact) mass is 428 g/mol. The van der Waals surface area contributed by atoms with Crippen LogP contribution in [0.3, 0.4) is 0 Å². The van der Waals surface area contributed by atoms with Gasteiger partial charge >= 0.3 is 0 Å². The smallest absolute Gasteiger partial charge is 0.192 e. The summed E-state index contributed by atoms with van der Waals surface area (Å²) < 4.78 is 13.2. The van der Waals surface area contributed by atoms with Crippen molar-refractivity contribution < 1.29 is 9.47 Å². The lowest BCUT2D eigenvalue weighted by atomic mass is 10.0. The zero-order chi connectivity index (χ0) is 21.9. The number of ether oxygens (including phenoxy) is 2. The molecule has 1 saturated heterocycles. The van der Waals surface area contributed by atoms with Gasteiger partial charge in [0.1, 0.15) is 12.4 Å². The molecule has 1 aromatic heterocycles. The Kier molecular flexibility index (Phi) is 9.30. The lowest BCUT2D eigenvalue weighted by molar-refractivity contribution is 0.0203. The SMILES string of the molecule is Cc1nnc(CN=C(NCCCOCC2CCOCC2)NC(C)c2ccccc2)n1C. The molecule has 0 aliphatic carbocycles. The quantitative estimate of drug-likeness (QED) is 0.344. The van der Waals surface area contributed by atoms with Gasteiger partial charge in [-0.05, 0) is 44.6 Å². The lowest BCUT2D eigenvalue weighted by Crippen LogP contribution is -2.39. The van der Waals surface area contributed by atoms with Crippen LogP contribution in [0.2, 0.25) is 0 Å². The van der Waals surface area contributed by atoms with Gasteiger partial charge in [0.05, 0.1) is 6.04 Å². The maximum absolute atomic E-state index is 5.88. The van der Waals surface area contributed by atoms with Crippen molar-refractivity contribution >= 4 is 5.96 Å². The molecule has 8 heteroatoms. The fraction of sp³-hybridized carbons (Fsp3) is 0.609. The summed E-state index contributed by atoms with van der Waals surface area (Å²) in [6, 6.07) is 10.5. The molecule has 0 saturated carbocycles. The number of hydrogen-bond acceptors (Lipinski definition) is 5. The van der Waals surface area contributed by atoms with E-state index in [0.717, 1.165) is 69.8 Å². The van der Waals surface area contributed by atoms with Gasteiger partial charge in [0.15, 0.2) is 11.8 Å². The molecule has 1 aromatic carbocycles. The standard InChI is InChI=1S/C23H36N6O2/c1-18(21-8-5-4-6-9-21)26-23(25-16-22-28-27-19(2)29(22)3)24-12-7-13-31-17-20-10-14-30-15-11-20/h4-6,8-9,18,20H,7,10-17H2,1-3H3,(H2,24,25,26). The van der Waals surface area contributed by atoms with Crippen molar-refractivity contribution in [3.05, 3.63) is 47.5 Å². The molecule has 0 radical (unpaired) electrons. The van der Waals surface area contributed by atoms with Crippen LogP contribution in [0.4, 0.5) is 0 Å². The molecule has 1 aliphatic rings. The van der Waals surface area contributed by atoms with Gasteiger partial charge in [0.25, 0.3) is 0 Å². The van der Waals surface area contributed by atoms with Gasteiger partial charge in [0.2, 0.25) is 0 Å².